The molecule has 98 valence electrons. The minimum Gasteiger partial charge on any atom is -0.481 e. The number of hydrogen-bond acceptors (Lipinski definition) is 4. The number of nitrogens with zero attached hydrogens (tertiary/aromatic N) is 3. The lowest BCUT2D eigenvalue weighted by atomic mass is 9.98. The second kappa shape index (κ2) is 4.68. The van der Waals surface area contributed by atoms with Gasteiger partial charge in [0.15, 0.2) is 5.82 Å². The summed E-state index contributed by atoms with van der Waals surface area (Å²) < 4.78 is 7.50. The number of aliphatic carboxylic acids is 1. The zero-order valence-corrected chi connectivity index (χ0v) is 10.2. The highest BCUT2D eigenvalue weighted by Gasteiger charge is 2.29. The second-order valence-electron chi connectivity index (χ2n) is 4.99. The molecule has 1 aromatic heterocycles. The van der Waals surface area contributed by atoms with Gasteiger partial charge in [0.2, 0.25) is 0 Å². The number of aryl methyl sites for hydroxylation is 1. The molecule has 0 radical (unpaired) electrons. The first-order valence-electron chi connectivity index (χ1n) is 6.52. The molecule has 2 aliphatic rings. The molecule has 0 aromatic carbocycles. The van der Waals surface area contributed by atoms with Gasteiger partial charge in [-0.25, -0.2) is 9.67 Å². The molecule has 1 fully saturated rings. The minimum absolute atomic E-state index is 0.000119. The Kier molecular flexibility index (Phi) is 3.03. The van der Waals surface area contributed by atoms with Crippen molar-refractivity contribution in [1.82, 2.24) is 14.8 Å². The molecule has 3 heterocycles. The maximum Gasteiger partial charge on any atom is 0.307 e. The van der Waals surface area contributed by atoms with Crippen LogP contribution in [-0.4, -0.2) is 32.4 Å². The van der Waals surface area contributed by atoms with Crippen molar-refractivity contribution in [2.75, 3.05) is 6.61 Å². The first-order valence-corrected chi connectivity index (χ1v) is 6.52. The van der Waals surface area contributed by atoms with E-state index in [4.69, 9.17) is 9.84 Å². The van der Waals surface area contributed by atoms with Crippen molar-refractivity contribution < 1.29 is 14.6 Å². The highest BCUT2D eigenvalue weighted by Crippen LogP contribution is 2.27. The highest BCUT2D eigenvalue weighted by molar-refractivity contribution is 5.70. The van der Waals surface area contributed by atoms with E-state index in [9.17, 15) is 4.79 Å². The van der Waals surface area contributed by atoms with Crippen LogP contribution in [0.5, 0.6) is 0 Å². The summed E-state index contributed by atoms with van der Waals surface area (Å²) in [7, 11) is 0. The minimum atomic E-state index is -0.736. The molecule has 1 saturated heterocycles. The van der Waals surface area contributed by atoms with E-state index < -0.39 is 5.97 Å². The summed E-state index contributed by atoms with van der Waals surface area (Å²) in [6, 6.07) is 0. The van der Waals surface area contributed by atoms with Crippen molar-refractivity contribution in [3.8, 4) is 0 Å². The van der Waals surface area contributed by atoms with Gasteiger partial charge in [-0.15, -0.1) is 0 Å². The van der Waals surface area contributed by atoms with Crippen LogP contribution in [0.2, 0.25) is 0 Å². The van der Waals surface area contributed by atoms with Crippen molar-refractivity contribution in [3.63, 3.8) is 0 Å². The van der Waals surface area contributed by atoms with Gasteiger partial charge >= 0.3 is 5.97 Å². The van der Waals surface area contributed by atoms with E-state index in [-0.39, 0.29) is 12.0 Å². The molecule has 0 amide bonds. The average molecular weight is 251 g/mol. The highest BCUT2D eigenvalue weighted by atomic mass is 16.5. The van der Waals surface area contributed by atoms with Gasteiger partial charge in [0.25, 0.3) is 0 Å². The average Bonchev–Trinajstić information content (AvgIpc) is 2.82. The van der Waals surface area contributed by atoms with Crippen LogP contribution in [0.25, 0.3) is 0 Å². The number of carbonyl (C=O) groups is 1. The fourth-order valence-electron chi connectivity index (χ4n) is 2.62. The number of carboxylic acids is 1. The first-order chi connectivity index (χ1) is 8.74. The van der Waals surface area contributed by atoms with Crippen molar-refractivity contribution in [2.45, 2.75) is 44.8 Å². The molecule has 3 rings (SSSR count). The van der Waals surface area contributed by atoms with Gasteiger partial charge in [-0.1, -0.05) is 0 Å². The van der Waals surface area contributed by atoms with Gasteiger partial charge in [0.1, 0.15) is 11.9 Å². The number of carboxylic acid groups (broad SMARTS) is 1. The summed E-state index contributed by atoms with van der Waals surface area (Å²) >= 11 is 0. The third-order valence-electron chi connectivity index (χ3n) is 3.70. The van der Waals surface area contributed by atoms with E-state index in [0.29, 0.717) is 19.4 Å². The third-order valence-corrected chi connectivity index (χ3v) is 3.70. The molecular formula is C12H17N3O3. The topological polar surface area (TPSA) is 77.2 Å². The molecule has 6 heteroatoms. The summed E-state index contributed by atoms with van der Waals surface area (Å²) in [4.78, 5) is 15.5. The van der Waals surface area contributed by atoms with Crippen LogP contribution in [0.3, 0.4) is 0 Å². The van der Waals surface area contributed by atoms with E-state index in [1.54, 1.807) is 0 Å². The van der Waals surface area contributed by atoms with E-state index in [1.165, 1.54) is 0 Å². The van der Waals surface area contributed by atoms with E-state index in [2.05, 4.69) is 10.1 Å². The number of ether oxygens (including phenoxy) is 1. The standard InChI is InChI=1S/C12H17N3O3/c16-12(17)8-4-5-15-10(7-8)13-11(14-15)9-3-1-2-6-18-9/h8-9H,1-7H2,(H,16,17). The third kappa shape index (κ3) is 2.12. The Morgan fingerprint density at radius 3 is 3.00 bits per heavy atom. The zero-order valence-electron chi connectivity index (χ0n) is 10.2. The van der Waals surface area contributed by atoms with Crippen LogP contribution < -0.4 is 0 Å². The van der Waals surface area contributed by atoms with Crippen LogP contribution in [0, 0.1) is 5.92 Å². The van der Waals surface area contributed by atoms with Crippen molar-refractivity contribution >= 4 is 5.97 Å². The Morgan fingerprint density at radius 2 is 2.28 bits per heavy atom. The second-order valence-corrected chi connectivity index (χ2v) is 4.99. The van der Waals surface area contributed by atoms with Gasteiger partial charge in [-0.3, -0.25) is 4.79 Å². The largest absolute Gasteiger partial charge is 0.481 e. The Balaban J connectivity index is 1.78. The Morgan fingerprint density at radius 1 is 1.39 bits per heavy atom. The molecule has 0 aliphatic carbocycles. The number of rotatable bonds is 2. The van der Waals surface area contributed by atoms with Crippen LogP contribution >= 0.6 is 0 Å². The fourth-order valence-corrected chi connectivity index (χ4v) is 2.62. The number of hydrogen-bond donors (Lipinski definition) is 1. The quantitative estimate of drug-likeness (QED) is 0.853. The maximum absolute atomic E-state index is 11.0. The SMILES string of the molecule is O=C(O)C1CCn2nc(C3CCCCO3)nc2C1. The van der Waals surface area contributed by atoms with Crippen LogP contribution in [-0.2, 0) is 22.5 Å². The van der Waals surface area contributed by atoms with Crippen molar-refractivity contribution in [3.05, 3.63) is 11.6 Å². The summed E-state index contributed by atoms with van der Waals surface area (Å²) in [5.74, 6) is 0.468. The summed E-state index contributed by atoms with van der Waals surface area (Å²) in [6.45, 7) is 1.41. The molecule has 1 N–H and O–H groups in total. The lowest BCUT2D eigenvalue weighted by Crippen LogP contribution is -2.26. The summed E-state index contributed by atoms with van der Waals surface area (Å²) in [5.41, 5.74) is 0. The Bertz CT molecular complexity index is 451. The summed E-state index contributed by atoms with van der Waals surface area (Å²) in [5, 5.41) is 13.5. The van der Waals surface area contributed by atoms with Gasteiger partial charge in [-0.2, -0.15) is 5.10 Å². The van der Waals surface area contributed by atoms with Crippen molar-refractivity contribution in [1.29, 1.82) is 0 Å². The van der Waals surface area contributed by atoms with Gasteiger partial charge < -0.3 is 9.84 Å². The smallest absolute Gasteiger partial charge is 0.307 e. The molecule has 2 unspecified atom stereocenters. The molecule has 18 heavy (non-hydrogen) atoms. The van der Waals surface area contributed by atoms with E-state index in [0.717, 1.165) is 37.5 Å². The Hall–Kier alpha value is -1.43. The Labute approximate surface area is 105 Å². The van der Waals surface area contributed by atoms with E-state index in [1.807, 2.05) is 4.68 Å². The van der Waals surface area contributed by atoms with Crippen LogP contribution in [0.4, 0.5) is 0 Å². The van der Waals surface area contributed by atoms with Crippen LogP contribution in [0.1, 0.15) is 43.4 Å². The lowest BCUT2D eigenvalue weighted by molar-refractivity contribution is -0.142. The lowest BCUT2D eigenvalue weighted by Gasteiger charge is -2.19. The normalized spacial score (nSPS) is 27.8. The van der Waals surface area contributed by atoms with Gasteiger partial charge in [-0.05, 0) is 25.7 Å². The molecule has 2 aliphatic heterocycles. The van der Waals surface area contributed by atoms with Crippen LogP contribution in [0.15, 0.2) is 0 Å². The predicted molar refractivity (Wildman–Crippen MR) is 62.0 cm³/mol. The first kappa shape index (κ1) is 11.6. The predicted octanol–water partition coefficient (Wildman–Crippen LogP) is 1.17. The monoisotopic (exact) mass is 251 g/mol. The molecule has 0 bridgehead atoms. The number of aromatic nitrogens is 3. The molecule has 1 aromatic rings. The maximum atomic E-state index is 11.0. The zero-order chi connectivity index (χ0) is 12.5. The van der Waals surface area contributed by atoms with E-state index >= 15 is 0 Å². The molecular weight excluding hydrogens is 234 g/mol. The molecule has 0 saturated carbocycles. The van der Waals surface area contributed by atoms with Gasteiger partial charge in [0.05, 0.1) is 5.92 Å². The van der Waals surface area contributed by atoms with Gasteiger partial charge in [0, 0.05) is 19.6 Å². The summed E-state index contributed by atoms with van der Waals surface area (Å²) in [6.07, 6.45) is 4.33. The molecule has 6 nitrogen and oxygen atoms in total. The number of fused-ring (bicyclic) bond motifs is 1. The fraction of sp³-hybridized carbons (Fsp3) is 0.750. The molecule has 2 atom stereocenters. The van der Waals surface area contributed by atoms with Crippen molar-refractivity contribution in [2.24, 2.45) is 5.92 Å². The molecule has 0 spiro atoms.